The summed E-state index contributed by atoms with van der Waals surface area (Å²) in [6.45, 7) is 6.64. The minimum absolute atomic E-state index is 0.0665. The smallest absolute Gasteiger partial charge is 0.331 e. The van der Waals surface area contributed by atoms with Crippen LogP contribution in [-0.2, 0) is 19.1 Å². The van der Waals surface area contributed by atoms with Gasteiger partial charge >= 0.3 is 11.9 Å². The normalized spacial score (nSPS) is 50.1. The first kappa shape index (κ1) is 20.5. The fourth-order valence-corrected chi connectivity index (χ4v) is 8.71. The Hall–Kier alpha value is -1.36. The Morgan fingerprint density at radius 1 is 1.10 bits per heavy atom. The highest BCUT2D eigenvalue weighted by atomic mass is 16.5. The molecule has 1 N–H and O–H groups in total. The highest BCUT2D eigenvalue weighted by molar-refractivity contribution is 5.85. The zero-order valence-electron chi connectivity index (χ0n) is 18.6. The van der Waals surface area contributed by atoms with E-state index in [1.807, 2.05) is 0 Å². The van der Waals surface area contributed by atoms with E-state index in [4.69, 9.17) is 9.47 Å². The average molecular weight is 417 g/mol. The molecule has 0 saturated heterocycles. The molecule has 1 aliphatic heterocycles. The van der Waals surface area contributed by atoms with E-state index < -0.39 is 5.60 Å². The number of fused-ring (bicyclic) bond motifs is 5. The largest absolute Gasteiger partial charge is 0.463 e. The maximum atomic E-state index is 12.2. The van der Waals surface area contributed by atoms with Crippen molar-refractivity contribution in [1.82, 2.24) is 0 Å². The lowest BCUT2D eigenvalue weighted by Gasteiger charge is -2.63. The van der Waals surface area contributed by atoms with Crippen LogP contribution in [-0.4, -0.2) is 35.4 Å². The van der Waals surface area contributed by atoms with Crippen LogP contribution < -0.4 is 0 Å². The highest BCUT2D eigenvalue weighted by Crippen LogP contribution is 2.69. The third kappa shape index (κ3) is 2.76. The van der Waals surface area contributed by atoms with Crippen molar-refractivity contribution in [2.24, 2.45) is 34.5 Å². The molecule has 4 fully saturated rings. The molecule has 0 aromatic heterocycles. The zero-order valence-corrected chi connectivity index (χ0v) is 18.6. The third-order valence-electron chi connectivity index (χ3n) is 10.3. The Balaban J connectivity index is 1.40. The number of cyclic esters (lactones) is 1. The molecule has 5 rings (SSSR count). The van der Waals surface area contributed by atoms with E-state index in [2.05, 4.69) is 13.8 Å². The lowest BCUT2D eigenvalue weighted by molar-refractivity contribution is -0.209. The van der Waals surface area contributed by atoms with E-state index in [1.165, 1.54) is 6.92 Å². The maximum absolute atomic E-state index is 12.2. The van der Waals surface area contributed by atoms with E-state index in [-0.39, 0.29) is 34.8 Å². The van der Waals surface area contributed by atoms with Crippen molar-refractivity contribution < 1.29 is 24.2 Å². The fourth-order valence-electron chi connectivity index (χ4n) is 8.71. The molecule has 2 unspecified atom stereocenters. The first-order valence-corrected chi connectivity index (χ1v) is 11.9. The summed E-state index contributed by atoms with van der Waals surface area (Å²) in [6, 6.07) is 0. The van der Waals surface area contributed by atoms with E-state index in [0.717, 1.165) is 63.4 Å². The first-order valence-electron chi connectivity index (χ1n) is 11.9. The minimum Gasteiger partial charge on any atom is -0.463 e. The van der Waals surface area contributed by atoms with Crippen molar-refractivity contribution in [3.8, 4) is 0 Å². The summed E-state index contributed by atoms with van der Waals surface area (Å²) in [5, 5.41) is 12.2. The van der Waals surface area contributed by atoms with Crippen molar-refractivity contribution in [2.75, 3.05) is 6.61 Å². The van der Waals surface area contributed by atoms with Crippen LogP contribution in [0, 0.1) is 34.5 Å². The molecule has 0 aromatic carbocycles. The van der Waals surface area contributed by atoms with E-state index in [0.29, 0.717) is 24.4 Å². The minimum atomic E-state index is -0.659. The highest BCUT2D eigenvalue weighted by Gasteiger charge is 2.67. The van der Waals surface area contributed by atoms with Crippen LogP contribution in [0.4, 0.5) is 0 Å². The predicted molar refractivity (Wildman–Crippen MR) is 111 cm³/mol. The maximum Gasteiger partial charge on any atom is 0.331 e. The zero-order chi connectivity index (χ0) is 21.3. The number of hydrogen-bond donors (Lipinski definition) is 1. The van der Waals surface area contributed by atoms with Gasteiger partial charge < -0.3 is 14.6 Å². The molecular formula is C25H36O5. The number of carbonyl (C=O) groups excluding carboxylic acids is 2. The quantitative estimate of drug-likeness (QED) is 0.684. The molecule has 1 heterocycles. The lowest BCUT2D eigenvalue weighted by Crippen LogP contribution is -2.62. The number of ether oxygens (including phenoxy) is 2. The Morgan fingerprint density at radius 2 is 1.90 bits per heavy atom. The fraction of sp³-hybridized carbons (Fsp3) is 0.840. The number of esters is 2. The molecule has 5 heteroatoms. The molecule has 0 aromatic rings. The molecule has 0 spiro atoms. The van der Waals surface area contributed by atoms with Gasteiger partial charge in [-0.1, -0.05) is 13.8 Å². The molecule has 5 nitrogen and oxygen atoms in total. The summed E-state index contributed by atoms with van der Waals surface area (Å²) in [5.41, 5.74) is 0.485. The van der Waals surface area contributed by atoms with E-state index in [1.54, 1.807) is 6.08 Å². The predicted octanol–water partition coefficient (Wildman–Crippen LogP) is 4.18. The van der Waals surface area contributed by atoms with Crippen molar-refractivity contribution >= 4 is 11.9 Å². The van der Waals surface area contributed by atoms with Gasteiger partial charge in [-0.05, 0) is 92.4 Å². The van der Waals surface area contributed by atoms with Gasteiger partial charge in [-0.25, -0.2) is 4.79 Å². The van der Waals surface area contributed by atoms with Gasteiger partial charge in [0, 0.05) is 18.4 Å². The molecule has 166 valence electrons. The summed E-state index contributed by atoms with van der Waals surface area (Å²) in [7, 11) is 0. The van der Waals surface area contributed by atoms with Crippen LogP contribution in [0.25, 0.3) is 0 Å². The first-order chi connectivity index (χ1) is 14.2. The second-order valence-corrected chi connectivity index (χ2v) is 11.3. The van der Waals surface area contributed by atoms with Gasteiger partial charge in [0.05, 0.1) is 5.60 Å². The van der Waals surface area contributed by atoms with Crippen molar-refractivity contribution in [3.05, 3.63) is 11.6 Å². The topological polar surface area (TPSA) is 72.8 Å². The molecule has 0 bridgehead atoms. The molecule has 5 aliphatic rings. The molecule has 0 amide bonds. The Bertz CT molecular complexity index is 788. The second-order valence-electron chi connectivity index (χ2n) is 11.3. The molecular weight excluding hydrogens is 380 g/mol. The standard InChI is InChI=1S/C25H36O5/c1-15(26)30-18-6-9-23(2)17(13-18)4-5-21-20(23)7-10-24(3)19(8-11-25(21,24)28)16-12-22(27)29-14-16/h12,17-21,28H,4-11,13-14H2,1-3H3/t17-,18+,19-,20?,21?,23+,24-,25+/m1/s1. The number of carbonyl (C=O) groups is 2. The molecule has 8 atom stereocenters. The van der Waals surface area contributed by atoms with Crippen LogP contribution in [0.5, 0.6) is 0 Å². The summed E-state index contributed by atoms with van der Waals surface area (Å²) in [4.78, 5) is 23.1. The third-order valence-corrected chi connectivity index (χ3v) is 10.3. The molecule has 4 aliphatic carbocycles. The van der Waals surface area contributed by atoms with Crippen molar-refractivity contribution in [1.29, 1.82) is 0 Å². The van der Waals surface area contributed by atoms with Gasteiger partial charge in [0.15, 0.2) is 0 Å². The summed E-state index contributed by atoms with van der Waals surface area (Å²) in [5.74, 6) is 1.29. The Morgan fingerprint density at radius 3 is 2.60 bits per heavy atom. The average Bonchev–Trinajstić information content (AvgIpc) is 3.22. The van der Waals surface area contributed by atoms with Gasteiger partial charge in [0.25, 0.3) is 0 Å². The van der Waals surface area contributed by atoms with E-state index in [9.17, 15) is 14.7 Å². The van der Waals surface area contributed by atoms with Gasteiger partial charge in [-0.15, -0.1) is 0 Å². The van der Waals surface area contributed by atoms with Gasteiger partial charge in [0.2, 0.25) is 0 Å². The lowest BCUT2D eigenvalue weighted by atomic mass is 9.43. The van der Waals surface area contributed by atoms with Crippen LogP contribution in [0.3, 0.4) is 0 Å². The van der Waals surface area contributed by atoms with Crippen LogP contribution in [0.2, 0.25) is 0 Å². The van der Waals surface area contributed by atoms with Crippen LogP contribution in [0.1, 0.15) is 78.6 Å². The van der Waals surface area contributed by atoms with Gasteiger partial charge in [-0.2, -0.15) is 0 Å². The van der Waals surface area contributed by atoms with E-state index >= 15 is 0 Å². The van der Waals surface area contributed by atoms with Crippen molar-refractivity contribution in [2.45, 2.75) is 90.3 Å². The SMILES string of the molecule is CC(=O)O[C@H]1CC[C@]2(C)C3CC[C@]4(C)[C@@H](C5=CC(=O)OC5)CC[C@]4(O)C3CC[C@@H]2C1. The van der Waals surface area contributed by atoms with Gasteiger partial charge in [0.1, 0.15) is 12.7 Å². The molecule has 4 saturated carbocycles. The molecule has 30 heavy (non-hydrogen) atoms. The summed E-state index contributed by atoms with van der Waals surface area (Å²) >= 11 is 0. The number of rotatable bonds is 2. The van der Waals surface area contributed by atoms with Crippen molar-refractivity contribution in [3.63, 3.8) is 0 Å². The molecule has 0 radical (unpaired) electrons. The Kier molecular flexibility index (Phi) is 4.67. The Labute approximate surface area is 179 Å². The summed E-state index contributed by atoms with van der Waals surface area (Å²) in [6.07, 6.45) is 10.9. The van der Waals surface area contributed by atoms with Gasteiger partial charge in [-0.3, -0.25) is 4.79 Å². The monoisotopic (exact) mass is 416 g/mol. The van der Waals surface area contributed by atoms with Crippen LogP contribution >= 0.6 is 0 Å². The van der Waals surface area contributed by atoms with Crippen LogP contribution in [0.15, 0.2) is 11.6 Å². The summed E-state index contributed by atoms with van der Waals surface area (Å²) < 4.78 is 10.8. The number of hydrogen-bond acceptors (Lipinski definition) is 5. The second kappa shape index (κ2) is 6.82. The number of aliphatic hydroxyl groups is 1.